The van der Waals surface area contributed by atoms with E-state index in [4.69, 9.17) is 0 Å². The molecule has 0 saturated heterocycles. The van der Waals surface area contributed by atoms with E-state index in [-0.39, 0.29) is 5.56 Å². The number of aromatic nitrogens is 3. The van der Waals surface area contributed by atoms with E-state index in [2.05, 4.69) is 15.0 Å². The standard InChI is InChI=1S/C10H9N3O/c1-7-5-8(6-13-10(7)14)9-11-3-2-4-12-9/h2-6H,1H3,(H,13,14). The Hall–Kier alpha value is -1.97. The van der Waals surface area contributed by atoms with E-state index in [9.17, 15) is 4.79 Å². The molecule has 0 radical (unpaired) electrons. The highest BCUT2D eigenvalue weighted by atomic mass is 16.1. The maximum absolute atomic E-state index is 11.1. The molecule has 14 heavy (non-hydrogen) atoms. The van der Waals surface area contributed by atoms with Crippen LogP contribution in [0.25, 0.3) is 11.4 Å². The lowest BCUT2D eigenvalue weighted by Gasteiger charge is -1.98. The summed E-state index contributed by atoms with van der Waals surface area (Å²) in [5.41, 5.74) is 1.40. The number of rotatable bonds is 1. The van der Waals surface area contributed by atoms with Crippen LogP contribution in [-0.2, 0) is 0 Å². The molecule has 4 heteroatoms. The Kier molecular flexibility index (Phi) is 2.10. The highest BCUT2D eigenvalue weighted by Crippen LogP contribution is 2.10. The van der Waals surface area contributed by atoms with E-state index >= 15 is 0 Å². The zero-order chi connectivity index (χ0) is 9.97. The van der Waals surface area contributed by atoms with Gasteiger partial charge in [0, 0.05) is 29.7 Å². The minimum atomic E-state index is -0.0790. The van der Waals surface area contributed by atoms with Crippen molar-refractivity contribution >= 4 is 0 Å². The van der Waals surface area contributed by atoms with Crippen LogP contribution in [0.15, 0.2) is 35.5 Å². The molecule has 0 aliphatic heterocycles. The number of H-pyrrole nitrogens is 1. The first kappa shape index (κ1) is 8.62. The van der Waals surface area contributed by atoms with Crippen LogP contribution in [0.2, 0.25) is 0 Å². The first-order valence-electron chi connectivity index (χ1n) is 4.24. The maximum Gasteiger partial charge on any atom is 0.250 e. The third-order valence-electron chi connectivity index (χ3n) is 1.91. The predicted molar refractivity (Wildman–Crippen MR) is 52.8 cm³/mol. The topological polar surface area (TPSA) is 58.6 Å². The summed E-state index contributed by atoms with van der Waals surface area (Å²) in [6, 6.07) is 3.52. The van der Waals surface area contributed by atoms with E-state index in [1.165, 1.54) is 0 Å². The van der Waals surface area contributed by atoms with Crippen LogP contribution in [0.4, 0.5) is 0 Å². The molecule has 0 spiro atoms. The summed E-state index contributed by atoms with van der Waals surface area (Å²) >= 11 is 0. The van der Waals surface area contributed by atoms with Gasteiger partial charge in [0.15, 0.2) is 5.82 Å². The fraction of sp³-hybridized carbons (Fsp3) is 0.100. The van der Waals surface area contributed by atoms with E-state index in [0.717, 1.165) is 5.56 Å². The molecule has 0 bridgehead atoms. The smallest absolute Gasteiger partial charge is 0.250 e. The van der Waals surface area contributed by atoms with E-state index in [0.29, 0.717) is 11.4 Å². The van der Waals surface area contributed by atoms with Crippen molar-refractivity contribution in [3.8, 4) is 11.4 Å². The number of nitrogens with one attached hydrogen (secondary N) is 1. The molecule has 0 fully saturated rings. The van der Waals surface area contributed by atoms with Crippen LogP contribution in [0.5, 0.6) is 0 Å². The molecule has 2 rings (SSSR count). The first-order chi connectivity index (χ1) is 6.77. The summed E-state index contributed by atoms with van der Waals surface area (Å²) in [5, 5.41) is 0. The highest BCUT2D eigenvalue weighted by Gasteiger charge is 2.01. The highest BCUT2D eigenvalue weighted by molar-refractivity contribution is 5.53. The fourth-order valence-corrected chi connectivity index (χ4v) is 1.17. The summed E-state index contributed by atoms with van der Waals surface area (Å²) in [5.74, 6) is 0.617. The first-order valence-corrected chi connectivity index (χ1v) is 4.24. The number of nitrogens with zero attached hydrogens (tertiary/aromatic N) is 2. The Labute approximate surface area is 80.7 Å². The van der Waals surface area contributed by atoms with Gasteiger partial charge in [0.25, 0.3) is 5.56 Å². The van der Waals surface area contributed by atoms with Crippen LogP contribution >= 0.6 is 0 Å². The van der Waals surface area contributed by atoms with E-state index in [1.54, 1.807) is 37.6 Å². The molecule has 0 aliphatic carbocycles. The lowest BCUT2D eigenvalue weighted by Crippen LogP contribution is -2.08. The molecule has 0 amide bonds. The second kappa shape index (κ2) is 3.41. The molecular formula is C10H9N3O. The van der Waals surface area contributed by atoms with Crippen molar-refractivity contribution in [2.45, 2.75) is 6.92 Å². The third-order valence-corrected chi connectivity index (χ3v) is 1.91. The summed E-state index contributed by atoms with van der Waals surface area (Å²) in [6.07, 6.45) is 4.95. The van der Waals surface area contributed by atoms with Crippen LogP contribution in [0, 0.1) is 6.92 Å². The molecule has 2 aromatic rings. The van der Waals surface area contributed by atoms with Crippen LogP contribution in [0.1, 0.15) is 5.56 Å². The van der Waals surface area contributed by atoms with E-state index < -0.39 is 0 Å². The molecule has 0 atom stereocenters. The van der Waals surface area contributed by atoms with Gasteiger partial charge in [-0.15, -0.1) is 0 Å². The monoisotopic (exact) mass is 187 g/mol. The average molecular weight is 187 g/mol. The molecule has 0 unspecified atom stereocenters. The molecule has 0 saturated carbocycles. The van der Waals surface area contributed by atoms with Crippen LogP contribution in [0.3, 0.4) is 0 Å². The number of aromatic amines is 1. The van der Waals surface area contributed by atoms with Crippen molar-refractivity contribution in [1.82, 2.24) is 15.0 Å². The number of hydrogen-bond acceptors (Lipinski definition) is 3. The van der Waals surface area contributed by atoms with Gasteiger partial charge in [-0.25, -0.2) is 9.97 Å². The maximum atomic E-state index is 11.1. The largest absolute Gasteiger partial charge is 0.328 e. The van der Waals surface area contributed by atoms with Crippen molar-refractivity contribution in [1.29, 1.82) is 0 Å². The van der Waals surface area contributed by atoms with Crippen molar-refractivity contribution in [2.75, 3.05) is 0 Å². The molecule has 0 aliphatic rings. The van der Waals surface area contributed by atoms with Crippen molar-refractivity contribution in [2.24, 2.45) is 0 Å². The van der Waals surface area contributed by atoms with Crippen molar-refractivity contribution in [3.63, 3.8) is 0 Å². The Bertz CT molecular complexity index is 490. The zero-order valence-corrected chi connectivity index (χ0v) is 7.69. The molecular weight excluding hydrogens is 178 g/mol. The van der Waals surface area contributed by atoms with Crippen LogP contribution in [-0.4, -0.2) is 15.0 Å². The average Bonchev–Trinajstić information content (AvgIpc) is 2.23. The Morgan fingerprint density at radius 3 is 2.64 bits per heavy atom. The summed E-state index contributed by atoms with van der Waals surface area (Å²) in [7, 11) is 0. The third kappa shape index (κ3) is 1.54. The van der Waals surface area contributed by atoms with Crippen molar-refractivity contribution in [3.05, 3.63) is 46.6 Å². The van der Waals surface area contributed by atoms with Crippen molar-refractivity contribution < 1.29 is 0 Å². The summed E-state index contributed by atoms with van der Waals surface area (Å²) in [4.78, 5) is 21.9. The molecule has 1 N–H and O–H groups in total. The van der Waals surface area contributed by atoms with E-state index in [1.807, 2.05) is 0 Å². The molecule has 2 heterocycles. The van der Waals surface area contributed by atoms with Gasteiger partial charge in [-0.05, 0) is 19.1 Å². The normalized spacial score (nSPS) is 10.1. The van der Waals surface area contributed by atoms with Gasteiger partial charge in [0.1, 0.15) is 0 Å². The quantitative estimate of drug-likeness (QED) is 0.728. The lowest BCUT2D eigenvalue weighted by atomic mass is 10.2. The molecule has 2 aromatic heterocycles. The zero-order valence-electron chi connectivity index (χ0n) is 7.69. The second-order valence-corrected chi connectivity index (χ2v) is 2.97. The summed E-state index contributed by atoms with van der Waals surface area (Å²) in [6.45, 7) is 1.76. The predicted octanol–water partition coefficient (Wildman–Crippen LogP) is 1.14. The minimum absolute atomic E-state index is 0.0790. The number of pyridine rings is 1. The minimum Gasteiger partial charge on any atom is -0.328 e. The van der Waals surface area contributed by atoms with Gasteiger partial charge in [-0.1, -0.05) is 0 Å². The fourth-order valence-electron chi connectivity index (χ4n) is 1.17. The summed E-state index contributed by atoms with van der Waals surface area (Å²) < 4.78 is 0. The Morgan fingerprint density at radius 2 is 2.00 bits per heavy atom. The van der Waals surface area contributed by atoms with Gasteiger partial charge in [-0.2, -0.15) is 0 Å². The molecule has 4 nitrogen and oxygen atoms in total. The van der Waals surface area contributed by atoms with Gasteiger partial charge < -0.3 is 4.98 Å². The molecule has 70 valence electrons. The number of aryl methyl sites for hydroxylation is 1. The van der Waals surface area contributed by atoms with Gasteiger partial charge in [-0.3, -0.25) is 4.79 Å². The number of hydrogen-bond donors (Lipinski definition) is 1. The van der Waals surface area contributed by atoms with Gasteiger partial charge in [0.05, 0.1) is 0 Å². The SMILES string of the molecule is Cc1cc(-c2ncccn2)c[nH]c1=O. The Morgan fingerprint density at radius 1 is 1.29 bits per heavy atom. The van der Waals surface area contributed by atoms with Gasteiger partial charge >= 0.3 is 0 Å². The lowest BCUT2D eigenvalue weighted by molar-refractivity contribution is 1.13. The molecule has 0 aromatic carbocycles. The Balaban J connectivity index is 2.54. The van der Waals surface area contributed by atoms with Gasteiger partial charge in [0.2, 0.25) is 0 Å². The second-order valence-electron chi connectivity index (χ2n) is 2.97. The van der Waals surface area contributed by atoms with Crippen LogP contribution < -0.4 is 5.56 Å².